The number of piperidine rings is 1. The molecule has 140 valence electrons. The Balaban J connectivity index is 1.98. The molecule has 1 aromatic heterocycles. The molecule has 1 aliphatic heterocycles. The maximum absolute atomic E-state index is 13.4. The number of carbonyl (C=O) groups is 1. The highest BCUT2D eigenvalue weighted by Crippen LogP contribution is 2.31. The van der Waals surface area contributed by atoms with Gasteiger partial charge in [-0.05, 0) is 31.0 Å². The Morgan fingerprint density at radius 2 is 1.74 bits per heavy atom. The fourth-order valence-corrected chi connectivity index (χ4v) is 5.38. The van der Waals surface area contributed by atoms with Crippen LogP contribution in [0, 0.1) is 0 Å². The molecule has 0 amide bonds. The standard InChI is InChI=1S/C19H19N3O4S/c23-19(24)15-8-6-10-17(22-16-9-3-2-7-14(16)13-20-22)18(15)27(25,26)21-11-4-1-5-12-21/h2-3,6-10,13H,1,4-5,11-12H2,(H,23,24). The van der Waals surface area contributed by atoms with Crippen LogP contribution in [-0.2, 0) is 10.0 Å². The highest BCUT2D eigenvalue weighted by atomic mass is 32.2. The molecule has 2 heterocycles. The van der Waals surface area contributed by atoms with Crippen molar-refractivity contribution in [3.8, 4) is 5.69 Å². The second kappa shape index (κ2) is 6.79. The zero-order valence-electron chi connectivity index (χ0n) is 14.6. The van der Waals surface area contributed by atoms with Crippen LogP contribution in [0.2, 0.25) is 0 Å². The van der Waals surface area contributed by atoms with Crippen LogP contribution in [-0.4, -0.2) is 46.7 Å². The van der Waals surface area contributed by atoms with Gasteiger partial charge in [-0.2, -0.15) is 9.40 Å². The summed E-state index contributed by atoms with van der Waals surface area (Å²) < 4.78 is 29.7. The van der Waals surface area contributed by atoms with Gasteiger partial charge in [-0.15, -0.1) is 0 Å². The number of fused-ring (bicyclic) bond motifs is 1. The van der Waals surface area contributed by atoms with E-state index in [1.807, 2.05) is 24.3 Å². The number of hydrogen-bond donors (Lipinski definition) is 1. The third kappa shape index (κ3) is 3.00. The van der Waals surface area contributed by atoms with E-state index in [4.69, 9.17) is 0 Å². The van der Waals surface area contributed by atoms with Gasteiger partial charge < -0.3 is 5.11 Å². The van der Waals surface area contributed by atoms with Gasteiger partial charge in [0.2, 0.25) is 10.0 Å². The molecule has 3 aromatic rings. The molecule has 0 saturated carbocycles. The second-order valence-corrected chi connectivity index (χ2v) is 8.41. The van der Waals surface area contributed by atoms with Crippen molar-refractivity contribution in [3.63, 3.8) is 0 Å². The number of aromatic nitrogens is 2. The number of hydrogen-bond acceptors (Lipinski definition) is 4. The molecule has 4 rings (SSSR count). The molecule has 7 nitrogen and oxygen atoms in total. The van der Waals surface area contributed by atoms with Gasteiger partial charge in [0.1, 0.15) is 4.90 Å². The van der Waals surface area contributed by atoms with Crippen LogP contribution >= 0.6 is 0 Å². The van der Waals surface area contributed by atoms with E-state index in [1.165, 1.54) is 15.1 Å². The molecule has 0 atom stereocenters. The molecular formula is C19H19N3O4S. The van der Waals surface area contributed by atoms with Crippen LogP contribution in [0.3, 0.4) is 0 Å². The van der Waals surface area contributed by atoms with Crippen molar-refractivity contribution in [1.29, 1.82) is 0 Å². The van der Waals surface area contributed by atoms with E-state index in [-0.39, 0.29) is 16.1 Å². The van der Waals surface area contributed by atoms with Crippen molar-refractivity contribution < 1.29 is 18.3 Å². The Morgan fingerprint density at radius 1 is 1.00 bits per heavy atom. The average Bonchev–Trinajstić information content (AvgIpc) is 3.12. The fraction of sp³-hybridized carbons (Fsp3) is 0.263. The normalized spacial score (nSPS) is 15.9. The van der Waals surface area contributed by atoms with Gasteiger partial charge in [-0.25, -0.2) is 17.9 Å². The number of carboxylic acid groups (broad SMARTS) is 1. The molecular weight excluding hydrogens is 366 g/mol. The smallest absolute Gasteiger partial charge is 0.337 e. The monoisotopic (exact) mass is 385 g/mol. The van der Waals surface area contributed by atoms with E-state index in [1.54, 1.807) is 18.3 Å². The van der Waals surface area contributed by atoms with Gasteiger partial charge in [0.05, 0.1) is 23.0 Å². The van der Waals surface area contributed by atoms with Gasteiger partial charge in [0, 0.05) is 18.5 Å². The summed E-state index contributed by atoms with van der Waals surface area (Å²) in [6.07, 6.45) is 4.16. The largest absolute Gasteiger partial charge is 0.478 e. The number of nitrogens with zero attached hydrogens (tertiary/aromatic N) is 3. The third-order valence-corrected chi connectivity index (χ3v) is 6.83. The molecule has 0 radical (unpaired) electrons. The molecule has 27 heavy (non-hydrogen) atoms. The summed E-state index contributed by atoms with van der Waals surface area (Å²) in [5, 5.41) is 14.8. The van der Waals surface area contributed by atoms with Gasteiger partial charge in [0.25, 0.3) is 0 Å². The Labute approximate surface area is 156 Å². The second-order valence-electron chi connectivity index (χ2n) is 6.54. The van der Waals surface area contributed by atoms with E-state index in [0.29, 0.717) is 13.1 Å². The Morgan fingerprint density at radius 3 is 2.48 bits per heavy atom. The molecule has 0 bridgehead atoms. The van der Waals surface area contributed by atoms with Crippen molar-refractivity contribution in [2.75, 3.05) is 13.1 Å². The highest BCUT2D eigenvalue weighted by molar-refractivity contribution is 7.89. The summed E-state index contributed by atoms with van der Waals surface area (Å²) in [5.74, 6) is -1.27. The summed E-state index contributed by atoms with van der Waals surface area (Å²) in [5.41, 5.74) is 0.731. The van der Waals surface area contributed by atoms with E-state index in [9.17, 15) is 18.3 Å². The summed E-state index contributed by atoms with van der Waals surface area (Å²) in [7, 11) is -3.97. The minimum atomic E-state index is -3.97. The minimum absolute atomic E-state index is 0.201. The van der Waals surface area contributed by atoms with Crippen LogP contribution in [0.15, 0.2) is 53.6 Å². The lowest BCUT2D eigenvalue weighted by molar-refractivity contribution is 0.0692. The predicted octanol–water partition coefficient (Wildman–Crippen LogP) is 2.90. The fourth-order valence-electron chi connectivity index (χ4n) is 3.53. The summed E-state index contributed by atoms with van der Waals surface area (Å²) in [4.78, 5) is 11.6. The molecule has 1 fully saturated rings. The van der Waals surface area contributed by atoms with Crippen molar-refractivity contribution in [2.24, 2.45) is 0 Å². The van der Waals surface area contributed by atoms with Crippen LogP contribution in [0.4, 0.5) is 0 Å². The topological polar surface area (TPSA) is 92.5 Å². The summed E-state index contributed by atoms with van der Waals surface area (Å²) in [6, 6.07) is 11.9. The molecule has 0 spiro atoms. The first-order chi connectivity index (χ1) is 13.0. The molecule has 8 heteroatoms. The lowest BCUT2D eigenvalue weighted by atomic mass is 10.2. The number of sulfonamides is 1. The van der Waals surface area contributed by atoms with Crippen molar-refractivity contribution in [1.82, 2.24) is 14.1 Å². The lowest BCUT2D eigenvalue weighted by Gasteiger charge is -2.27. The quantitative estimate of drug-likeness (QED) is 0.745. The van der Waals surface area contributed by atoms with Gasteiger partial charge >= 0.3 is 5.97 Å². The van der Waals surface area contributed by atoms with E-state index in [2.05, 4.69) is 5.10 Å². The zero-order valence-corrected chi connectivity index (χ0v) is 15.4. The third-order valence-electron chi connectivity index (χ3n) is 4.84. The van der Waals surface area contributed by atoms with Gasteiger partial charge in [-0.3, -0.25) is 0 Å². The first-order valence-electron chi connectivity index (χ1n) is 8.80. The number of para-hydroxylation sites is 1. The Kier molecular flexibility index (Phi) is 4.45. The van der Waals surface area contributed by atoms with Crippen molar-refractivity contribution in [2.45, 2.75) is 24.2 Å². The van der Waals surface area contributed by atoms with Crippen molar-refractivity contribution >= 4 is 26.9 Å². The van der Waals surface area contributed by atoms with Crippen molar-refractivity contribution in [3.05, 3.63) is 54.2 Å². The molecule has 0 unspecified atom stereocenters. The zero-order chi connectivity index (χ0) is 19.0. The number of benzene rings is 2. The van der Waals surface area contributed by atoms with Crippen LogP contribution in [0.25, 0.3) is 16.6 Å². The van der Waals surface area contributed by atoms with Crippen LogP contribution < -0.4 is 0 Å². The lowest BCUT2D eigenvalue weighted by Crippen LogP contribution is -2.37. The maximum Gasteiger partial charge on any atom is 0.337 e. The molecule has 1 N–H and O–H groups in total. The summed E-state index contributed by atoms with van der Waals surface area (Å²) >= 11 is 0. The summed E-state index contributed by atoms with van der Waals surface area (Å²) in [6.45, 7) is 0.797. The predicted molar refractivity (Wildman–Crippen MR) is 101 cm³/mol. The first-order valence-corrected chi connectivity index (χ1v) is 10.2. The highest BCUT2D eigenvalue weighted by Gasteiger charge is 2.33. The molecule has 1 saturated heterocycles. The Bertz CT molecular complexity index is 1110. The number of rotatable bonds is 4. The van der Waals surface area contributed by atoms with Crippen LogP contribution in [0.1, 0.15) is 29.6 Å². The molecule has 2 aromatic carbocycles. The molecule has 0 aliphatic carbocycles. The average molecular weight is 385 g/mol. The molecule has 1 aliphatic rings. The van der Waals surface area contributed by atoms with Gasteiger partial charge in [0.15, 0.2) is 0 Å². The van der Waals surface area contributed by atoms with E-state index in [0.717, 1.165) is 30.2 Å². The van der Waals surface area contributed by atoms with E-state index >= 15 is 0 Å². The van der Waals surface area contributed by atoms with Crippen LogP contribution in [0.5, 0.6) is 0 Å². The number of carboxylic acids is 1. The minimum Gasteiger partial charge on any atom is -0.478 e. The number of aromatic carboxylic acids is 1. The first kappa shape index (κ1) is 17.7. The Hall–Kier alpha value is -2.71. The van der Waals surface area contributed by atoms with E-state index < -0.39 is 16.0 Å². The SMILES string of the molecule is O=C(O)c1cccc(-n2ncc3ccccc32)c1S(=O)(=O)N1CCCCC1. The maximum atomic E-state index is 13.4. The van der Waals surface area contributed by atoms with Gasteiger partial charge in [-0.1, -0.05) is 30.7 Å².